The lowest BCUT2D eigenvalue weighted by atomic mass is 10.2. The molecule has 0 spiro atoms. The molecule has 1 aromatic heterocycles. The van der Waals surface area contributed by atoms with E-state index in [2.05, 4.69) is 22.5 Å². The van der Waals surface area contributed by atoms with Gasteiger partial charge in [-0.1, -0.05) is 6.92 Å². The van der Waals surface area contributed by atoms with Crippen LogP contribution in [0.5, 0.6) is 0 Å². The van der Waals surface area contributed by atoms with Gasteiger partial charge in [0.1, 0.15) is 5.82 Å². The summed E-state index contributed by atoms with van der Waals surface area (Å²) in [5.41, 5.74) is 0.641. The van der Waals surface area contributed by atoms with E-state index in [4.69, 9.17) is 4.74 Å². The van der Waals surface area contributed by atoms with E-state index in [-0.39, 0.29) is 12.0 Å². The number of aromatic nitrogens is 1. The van der Waals surface area contributed by atoms with E-state index in [1.54, 1.807) is 18.3 Å². The summed E-state index contributed by atoms with van der Waals surface area (Å²) in [4.78, 5) is 16.2. The van der Waals surface area contributed by atoms with Crippen molar-refractivity contribution in [3.05, 3.63) is 23.9 Å². The van der Waals surface area contributed by atoms with Gasteiger partial charge in [-0.15, -0.1) is 0 Å². The van der Waals surface area contributed by atoms with Gasteiger partial charge in [-0.2, -0.15) is 0 Å². The van der Waals surface area contributed by atoms with Crippen molar-refractivity contribution in [1.29, 1.82) is 0 Å². The minimum absolute atomic E-state index is 0.0540. The Morgan fingerprint density at radius 3 is 2.86 bits per heavy atom. The van der Waals surface area contributed by atoms with Crippen LogP contribution in [0.1, 0.15) is 50.4 Å². The second-order valence-electron chi connectivity index (χ2n) is 5.24. The van der Waals surface area contributed by atoms with E-state index in [0.717, 1.165) is 38.2 Å². The van der Waals surface area contributed by atoms with Gasteiger partial charge < -0.3 is 15.4 Å². The van der Waals surface area contributed by atoms with Crippen molar-refractivity contribution in [2.24, 2.45) is 0 Å². The van der Waals surface area contributed by atoms with E-state index >= 15 is 0 Å². The van der Waals surface area contributed by atoms with Crippen LogP contribution in [0.25, 0.3) is 0 Å². The van der Waals surface area contributed by atoms with Crippen molar-refractivity contribution in [3.63, 3.8) is 0 Å². The first kappa shape index (κ1) is 17.4. The number of nitrogens with zero attached hydrogens (tertiary/aromatic N) is 1. The second-order valence-corrected chi connectivity index (χ2v) is 5.24. The highest BCUT2D eigenvalue weighted by atomic mass is 16.5. The fraction of sp³-hybridized carbons (Fsp3) is 0.625. The molecule has 118 valence electrons. The Kier molecular flexibility index (Phi) is 8.43. The van der Waals surface area contributed by atoms with Crippen molar-refractivity contribution < 1.29 is 9.53 Å². The third-order valence-corrected chi connectivity index (χ3v) is 2.89. The number of hydrogen-bond donors (Lipinski definition) is 2. The first-order valence-electron chi connectivity index (χ1n) is 7.73. The molecule has 1 rings (SSSR count). The number of hydrogen-bond acceptors (Lipinski definition) is 4. The standard InChI is InChI=1S/C16H27N3O2/c1-4-8-17-15-12-14(7-10-18-15)16(20)19-9-5-6-11-21-13(2)3/h7,10,12-13H,4-6,8-9,11H2,1-3H3,(H,17,18)(H,19,20). The van der Waals surface area contributed by atoms with Gasteiger partial charge in [0.15, 0.2) is 0 Å². The number of amides is 1. The number of ether oxygens (including phenoxy) is 1. The summed E-state index contributed by atoms with van der Waals surface area (Å²) in [5, 5.41) is 6.10. The van der Waals surface area contributed by atoms with Gasteiger partial charge >= 0.3 is 0 Å². The topological polar surface area (TPSA) is 63.2 Å². The molecule has 0 bridgehead atoms. The molecule has 0 aromatic carbocycles. The zero-order valence-electron chi connectivity index (χ0n) is 13.3. The predicted molar refractivity (Wildman–Crippen MR) is 85.7 cm³/mol. The number of carbonyl (C=O) groups excluding carboxylic acids is 1. The Labute approximate surface area is 127 Å². The number of pyridine rings is 1. The summed E-state index contributed by atoms with van der Waals surface area (Å²) in [6, 6.07) is 3.52. The van der Waals surface area contributed by atoms with E-state index in [1.165, 1.54) is 0 Å². The lowest BCUT2D eigenvalue weighted by molar-refractivity contribution is 0.0754. The van der Waals surface area contributed by atoms with Crippen LogP contribution >= 0.6 is 0 Å². The Hall–Kier alpha value is -1.62. The van der Waals surface area contributed by atoms with Crippen LogP contribution < -0.4 is 10.6 Å². The van der Waals surface area contributed by atoms with Gasteiger partial charge in [0.2, 0.25) is 0 Å². The maximum atomic E-state index is 12.0. The first-order valence-corrected chi connectivity index (χ1v) is 7.73. The van der Waals surface area contributed by atoms with Crippen molar-refractivity contribution in [2.75, 3.05) is 25.0 Å². The highest BCUT2D eigenvalue weighted by Gasteiger charge is 2.06. The smallest absolute Gasteiger partial charge is 0.251 e. The molecular formula is C16H27N3O2. The van der Waals surface area contributed by atoms with Crippen LogP contribution in [0.15, 0.2) is 18.3 Å². The summed E-state index contributed by atoms with van der Waals surface area (Å²) < 4.78 is 5.46. The van der Waals surface area contributed by atoms with Crippen molar-refractivity contribution in [2.45, 2.75) is 46.1 Å². The molecule has 0 radical (unpaired) electrons. The molecule has 21 heavy (non-hydrogen) atoms. The SMILES string of the molecule is CCCNc1cc(C(=O)NCCCCOC(C)C)ccn1. The third-order valence-electron chi connectivity index (χ3n) is 2.89. The summed E-state index contributed by atoms with van der Waals surface area (Å²) in [7, 11) is 0. The van der Waals surface area contributed by atoms with Crippen LogP contribution in [-0.4, -0.2) is 36.7 Å². The first-order chi connectivity index (χ1) is 10.1. The molecule has 0 unspecified atom stereocenters. The van der Waals surface area contributed by atoms with Gasteiger partial charge in [0.25, 0.3) is 5.91 Å². The second kappa shape index (κ2) is 10.2. The van der Waals surface area contributed by atoms with Gasteiger partial charge in [0.05, 0.1) is 6.10 Å². The minimum atomic E-state index is -0.0540. The molecule has 0 aliphatic heterocycles. The number of carbonyl (C=O) groups is 1. The molecule has 0 aliphatic carbocycles. The highest BCUT2D eigenvalue weighted by Crippen LogP contribution is 2.06. The summed E-state index contributed by atoms with van der Waals surface area (Å²) >= 11 is 0. The molecule has 2 N–H and O–H groups in total. The number of unbranched alkanes of at least 4 members (excludes halogenated alkanes) is 1. The van der Waals surface area contributed by atoms with Gasteiger partial charge in [-0.25, -0.2) is 4.98 Å². The zero-order valence-corrected chi connectivity index (χ0v) is 13.3. The van der Waals surface area contributed by atoms with Crippen molar-refractivity contribution in [3.8, 4) is 0 Å². The molecule has 1 heterocycles. The fourth-order valence-electron chi connectivity index (χ4n) is 1.77. The monoisotopic (exact) mass is 293 g/mol. The van der Waals surface area contributed by atoms with Crippen LogP contribution in [0.3, 0.4) is 0 Å². The fourth-order valence-corrected chi connectivity index (χ4v) is 1.77. The third kappa shape index (κ3) is 7.66. The molecule has 1 aromatic rings. The minimum Gasteiger partial charge on any atom is -0.379 e. The van der Waals surface area contributed by atoms with Crippen LogP contribution in [0, 0.1) is 0 Å². The molecule has 0 aliphatic rings. The van der Waals surface area contributed by atoms with Crippen LogP contribution in [-0.2, 0) is 4.74 Å². The summed E-state index contributed by atoms with van der Waals surface area (Å²) in [5.74, 6) is 0.691. The predicted octanol–water partition coefficient (Wildman–Crippen LogP) is 2.84. The quantitative estimate of drug-likeness (QED) is 0.651. The molecule has 0 saturated heterocycles. The van der Waals surface area contributed by atoms with Gasteiger partial charge in [-0.3, -0.25) is 4.79 Å². The molecular weight excluding hydrogens is 266 g/mol. The lowest BCUT2D eigenvalue weighted by Gasteiger charge is -2.09. The Bertz CT molecular complexity index is 422. The molecule has 0 fully saturated rings. The Balaban J connectivity index is 2.28. The number of anilines is 1. The van der Waals surface area contributed by atoms with Gasteiger partial charge in [-0.05, 0) is 45.2 Å². The van der Waals surface area contributed by atoms with Crippen LogP contribution in [0.2, 0.25) is 0 Å². The van der Waals surface area contributed by atoms with E-state index in [0.29, 0.717) is 12.1 Å². The Morgan fingerprint density at radius 1 is 1.33 bits per heavy atom. The van der Waals surface area contributed by atoms with Crippen molar-refractivity contribution >= 4 is 11.7 Å². The highest BCUT2D eigenvalue weighted by molar-refractivity contribution is 5.94. The van der Waals surface area contributed by atoms with E-state index in [1.807, 2.05) is 13.8 Å². The largest absolute Gasteiger partial charge is 0.379 e. The molecule has 5 heteroatoms. The number of nitrogens with one attached hydrogen (secondary N) is 2. The summed E-state index contributed by atoms with van der Waals surface area (Å²) in [6.45, 7) is 8.40. The average molecular weight is 293 g/mol. The van der Waals surface area contributed by atoms with Crippen molar-refractivity contribution in [1.82, 2.24) is 10.3 Å². The normalized spacial score (nSPS) is 10.7. The molecule has 5 nitrogen and oxygen atoms in total. The molecule has 1 amide bonds. The molecule has 0 atom stereocenters. The lowest BCUT2D eigenvalue weighted by Crippen LogP contribution is -2.25. The maximum absolute atomic E-state index is 12.0. The van der Waals surface area contributed by atoms with Crippen LogP contribution in [0.4, 0.5) is 5.82 Å². The molecule has 0 saturated carbocycles. The maximum Gasteiger partial charge on any atom is 0.251 e. The van der Waals surface area contributed by atoms with E-state index < -0.39 is 0 Å². The Morgan fingerprint density at radius 2 is 2.14 bits per heavy atom. The van der Waals surface area contributed by atoms with Gasteiger partial charge in [0, 0.05) is 31.5 Å². The van der Waals surface area contributed by atoms with E-state index in [9.17, 15) is 4.79 Å². The average Bonchev–Trinajstić information content (AvgIpc) is 2.48. The summed E-state index contributed by atoms with van der Waals surface area (Å²) in [6.07, 6.45) is 4.83. The zero-order chi connectivity index (χ0) is 15.5. The number of rotatable bonds is 10.